The maximum Gasteiger partial charge on any atom is 0.260 e. The van der Waals surface area contributed by atoms with E-state index in [-0.39, 0.29) is 24.0 Å². The predicted octanol–water partition coefficient (Wildman–Crippen LogP) is 3.61. The lowest BCUT2D eigenvalue weighted by atomic mass is 10.1. The standard InChI is InChI=1S/C28H32ClN3O6S/c1-36-26-11-6-21(18-27(26)37-2)12-13-30-39(34,35)25-9-7-24(8-10-25)38-20-28(33)32-16-14-31(15-17-32)23-5-3-4-22(29)19-23/h3-11,18-19,30H,12-17,20H2,1-2H3. The number of halogens is 1. The molecule has 9 nitrogen and oxygen atoms in total. The third-order valence-electron chi connectivity index (χ3n) is 6.46. The van der Waals surface area contributed by atoms with Crippen LogP contribution in [0.5, 0.6) is 17.2 Å². The molecule has 208 valence electrons. The van der Waals surface area contributed by atoms with Crippen LogP contribution in [0.15, 0.2) is 71.6 Å². The lowest BCUT2D eigenvalue weighted by Crippen LogP contribution is -2.50. The van der Waals surface area contributed by atoms with Gasteiger partial charge >= 0.3 is 0 Å². The number of nitrogens with one attached hydrogen (secondary N) is 1. The summed E-state index contributed by atoms with van der Waals surface area (Å²) < 4.78 is 44.2. The van der Waals surface area contributed by atoms with Crippen LogP contribution in [-0.2, 0) is 21.2 Å². The fraction of sp³-hybridized carbons (Fsp3) is 0.321. The summed E-state index contributed by atoms with van der Waals surface area (Å²) in [4.78, 5) is 16.7. The van der Waals surface area contributed by atoms with Crippen LogP contribution >= 0.6 is 11.6 Å². The molecule has 1 aliphatic heterocycles. The molecule has 4 rings (SSSR count). The summed E-state index contributed by atoms with van der Waals surface area (Å²) in [5, 5.41) is 0.684. The number of anilines is 1. The summed E-state index contributed by atoms with van der Waals surface area (Å²) in [6.45, 7) is 2.68. The molecule has 1 N–H and O–H groups in total. The molecule has 0 aliphatic carbocycles. The number of methoxy groups -OCH3 is 2. The van der Waals surface area contributed by atoms with E-state index in [2.05, 4.69) is 9.62 Å². The monoisotopic (exact) mass is 573 g/mol. The quantitative estimate of drug-likeness (QED) is 0.374. The highest BCUT2D eigenvalue weighted by Crippen LogP contribution is 2.27. The topological polar surface area (TPSA) is 97.4 Å². The molecule has 11 heteroatoms. The Balaban J connectivity index is 1.23. The normalized spacial score (nSPS) is 13.7. The van der Waals surface area contributed by atoms with Crippen molar-refractivity contribution in [3.05, 3.63) is 77.3 Å². The highest BCUT2D eigenvalue weighted by molar-refractivity contribution is 7.89. The van der Waals surface area contributed by atoms with E-state index in [9.17, 15) is 13.2 Å². The number of amides is 1. The molecule has 0 atom stereocenters. The fourth-order valence-electron chi connectivity index (χ4n) is 4.29. The van der Waals surface area contributed by atoms with Crippen LogP contribution in [0.1, 0.15) is 5.56 Å². The fourth-order valence-corrected chi connectivity index (χ4v) is 5.50. The molecular weight excluding hydrogens is 542 g/mol. The number of carbonyl (C=O) groups is 1. The van der Waals surface area contributed by atoms with E-state index >= 15 is 0 Å². The molecule has 1 heterocycles. The summed E-state index contributed by atoms with van der Waals surface area (Å²) >= 11 is 6.09. The van der Waals surface area contributed by atoms with Crippen LogP contribution < -0.4 is 23.8 Å². The lowest BCUT2D eigenvalue weighted by molar-refractivity contribution is -0.133. The third kappa shape index (κ3) is 7.56. The average molecular weight is 574 g/mol. The van der Waals surface area contributed by atoms with Gasteiger partial charge < -0.3 is 24.0 Å². The number of sulfonamides is 1. The highest BCUT2D eigenvalue weighted by Gasteiger charge is 2.22. The minimum absolute atomic E-state index is 0.116. The Kier molecular flexibility index (Phi) is 9.55. The molecule has 0 aromatic heterocycles. The molecule has 39 heavy (non-hydrogen) atoms. The van der Waals surface area contributed by atoms with Gasteiger partial charge in [-0.15, -0.1) is 0 Å². The molecule has 0 radical (unpaired) electrons. The zero-order valence-corrected chi connectivity index (χ0v) is 23.5. The minimum Gasteiger partial charge on any atom is -0.493 e. The largest absolute Gasteiger partial charge is 0.493 e. The van der Waals surface area contributed by atoms with E-state index in [4.69, 9.17) is 25.8 Å². The van der Waals surface area contributed by atoms with Gasteiger partial charge in [0, 0.05) is 43.4 Å². The Morgan fingerprint density at radius 3 is 2.31 bits per heavy atom. The van der Waals surface area contributed by atoms with Gasteiger partial charge in [-0.25, -0.2) is 13.1 Å². The number of nitrogens with zero attached hydrogens (tertiary/aromatic N) is 2. The van der Waals surface area contributed by atoms with E-state index in [1.165, 1.54) is 12.1 Å². The summed E-state index contributed by atoms with van der Waals surface area (Å²) in [5.74, 6) is 1.51. The van der Waals surface area contributed by atoms with E-state index < -0.39 is 10.0 Å². The van der Waals surface area contributed by atoms with Crippen molar-refractivity contribution in [3.63, 3.8) is 0 Å². The first-order valence-electron chi connectivity index (χ1n) is 12.5. The van der Waals surface area contributed by atoms with Crippen LogP contribution in [0, 0.1) is 0 Å². The highest BCUT2D eigenvalue weighted by atomic mass is 35.5. The van der Waals surface area contributed by atoms with Crippen LogP contribution in [0.4, 0.5) is 5.69 Å². The number of piperazine rings is 1. The van der Waals surface area contributed by atoms with Crippen molar-refractivity contribution in [1.29, 1.82) is 0 Å². The van der Waals surface area contributed by atoms with Crippen molar-refractivity contribution in [2.45, 2.75) is 11.3 Å². The molecule has 0 saturated carbocycles. The second-order valence-corrected chi connectivity index (χ2v) is 11.1. The van der Waals surface area contributed by atoms with Gasteiger partial charge in [-0.3, -0.25) is 4.79 Å². The van der Waals surface area contributed by atoms with Gasteiger partial charge in [0.2, 0.25) is 10.0 Å². The molecule has 3 aromatic rings. The Labute approximate surface area is 234 Å². The maximum atomic E-state index is 12.7. The number of benzene rings is 3. The first-order valence-corrected chi connectivity index (χ1v) is 14.4. The van der Waals surface area contributed by atoms with E-state index in [1.807, 2.05) is 36.4 Å². The zero-order chi connectivity index (χ0) is 27.8. The van der Waals surface area contributed by atoms with E-state index in [1.54, 1.807) is 37.3 Å². The SMILES string of the molecule is COc1ccc(CCNS(=O)(=O)c2ccc(OCC(=O)N3CCN(c4cccc(Cl)c4)CC3)cc2)cc1OC. The number of ether oxygens (including phenoxy) is 3. The zero-order valence-electron chi connectivity index (χ0n) is 21.9. The molecule has 0 bridgehead atoms. The van der Waals surface area contributed by atoms with Crippen molar-refractivity contribution in [2.75, 3.05) is 58.5 Å². The van der Waals surface area contributed by atoms with Crippen molar-refractivity contribution >= 4 is 33.2 Å². The second-order valence-electron chi connectivity index (χ2n) is 8.94. The molecular formula is C28H32ClN3O6S. The second kappa shape index (κ2) is 13.1. The van der Waals surface area contributed by atoms with Crippen molar-refractivity contribution in [2.24, 2.45) is 0 Å². The maximum absolute atomic E-state index is 12.7. The Morgan fingerprint density at radius 2 is 1.64 bits per heavy atom. The van der Waals surface area contributed by atoms with Crippen molar-refractivity contribution < 1.29 is 27.4 Å². The van der Waals surface area contributed by atoms with E-state index in [0.29, 0.717) is 54.9 Å². The first kappa shape index (κ1) is 28.5. The number of rotatable bonds is 11. The summed E-state index contributed by atoms with van der Waals surface area (Å²) in [5.41, 5.74) is 1.95. The number of hydrogen-bond acceptors (Lipinski definition) is 7. The van der Waals surface area contributed by atoms with Crippen LogP contribution in [0.2, 0.25) is 5.02 Å². The van der Waals surface area contributed by atoms with Crippen molar-refractivity contribution in [3.8, 4) is 17.2 Å². The smallest absolute Gasteiger partial charge is 0.260 e. The Morgan fingerprint density at radius 1 is 0.923 bits per heavy atom. The van der Waals surface area contributed by atoms with Crippen molar-refractivity contribution in [1.82, 2.24) is 9.62 Å². The summed E-state index contributed by atoms with van der Waals surface area (Å²) in [6, 6.07) is 19.2. The van der Waals surface area contributed by atoms with Gasteiger partial charge in [0.25, 0.3) is 5.91 Å². The molecule has 1 fully saturated rings. The molecule has 1 saturated heterocycles. The number of carbonyl (C=O) groups excluding carboxylic acids is 1. The average Bonchev–Trinajstić information content (AvgIpc) is 2.96. The third-order valence-corrected chi connectivity index (χ3v) is 8.17. The van der Waals surface area contributed by atoms with Gasteiger partial charge in [0.1, 0.15) is 5.75 Å². The molecule has 1 aliphatic rings. The lowest BCUT2D eigenvalue weighted by Gasteiger charge is -2.36. The van der Waals surface area contributed by atoms with Crippen LogP contribution in [0.25, 0.3) is 0 Å². The van der Waals surface area contributed by atoms with Gasteiger partial charge in [-0.2, -0.15) is 0 Å². The number of hydrogen-bond donors (Lipinski definition) is 1. The summed E-state index contributed by atoms with van der Waals surface area (Å²) in [7, 11) is -0.590. The van der Waals surface area contributed by atoms with Crippen LogP contribution in [-0.4, -0.2) is 72.8 Å². The molecule has 3 aromatic carbocycles. The Hall–Kier alpha value is -3.47. The summed E-state index contributed by atoms with van der Waals surface area (Å²) in [6.07, 6.45) is 0.482. The first-order chi connectivity index (χ1) is 18.8. The van der Waals surface area contributed by atoms with Crippen LogP contribution in [0.3, 0.4) is 0 Å². The predicted molar refractivity (Wildman–Crippen MR) is 151 cm³/mol. The molecule has 1 amide bonds. The van der Waals surface area contributed by atoms with E-state index in [0.717, 1.165) is 11.3 Å². The van der Waals surface area contributed by atoms with Gasteiger partial charge in [0.15, 0.2) is 18.1 Å². The molecule has 0 unspecified atom stereocenters. The van der Waals surface area contributed by atoms with Gasteiger partial charge in [0.05, 0.1) is 19.1 Å². The molecule has 0 spiro atoms. The Bertz CT molecular complexity index is 1380. The minimum atomic E-state index is -3.70. The van der Waals surface area contributed by atoms with Gasteiger partial charge in [-0.1, -0.05) is 23.7 Å². The van der Waals surface area contributed by atoms with Gasteiger partial charge in [-0.05, 0) is 66.6 Å².